The van der Waals surface area contributed by atoms with E-state index in [0.29, 0.717) is 6.04 Å². The van der Waals surface area contributed by atoms with Crippen LogP contribution in [-0.4, -0.2) is 0 Å². The quantitative estimate of drug-likeness (QED) is 0.666. The van der Waals surface area contributed by atoms with Crippen molar-refractivity contribution in [2.75, 3.05) is 0 Å². The molecule has 1 N–H and O–H groups in total. The molecule has 0 saturated heterocycles. The van der Waals surface area contributed by atoms with Crippen molar-refractivity contribution in [1.82, 2.24) is 5.32 Å². The monoisotopic (exact) mass is 339 g/mol. The zero-order valence-corrected chi connectivity index (χ0v) is 13.6. The van der Waals surface area contributed by atoms with E-state index in [1.165, 1.54) is 21.9 Å². The van der Waals surface area contributed by atoms with E-state index in [4.69, 9.17) is 0 Å². The zero-order chi connectivity index (χ0) is 14.7. The molecule has 1 unspecified atom stereocenters. The highest BCUT2D eigenvalue weighted by molar-refractivity contribution is 9.10. The molecule has 0 radical (unpaired) electrons. The van der Waals surface area contributed by atoms with Crippen LogP contribution in [0.1, 0.15) is 24.1 Å². The largest absolute Gasteiger partial charge is 0.306 e. The van der Waals surface area contributed by atoms with Gasteiger partial charge in [-0.05, 0) is 41.0 Å². The van der Waals surface area contributed by atoms with Crippen molar-refractivity contribution >= 4 is 26.7 Å². The van der Waals surface area contributed by atoms with Crippen molar-refractivity contribution in [2.24, 2.45) is 0 Å². The predicted octanol–water partition coefficient (Wildman–Crippen LogP) is 5.45. The number of hydrogen-bond acceptors (Lipinski definition) is 1. The van der Waals surface area contributed by atoms with Crippen molar-refractivity contribution in [3.63, 3.8) is 0 Å². The highest BCUT2D eigenvalue weighted by atomic mass is 79.9. The molecule has 0 amide bonds. The molecular weight excluding hydrogens is 322 g/mol. The fourth-order valence-corrected chi connectivity index (χ4v) is 2.92. The molecule has 0 aliphatic heterocycles. The van der Waals surface area contributed by atoms with Crippen LogP contribution in [0.3, 0.4) is 0 Å². The zero-order valence-electron chi connectivity index (χ0n) is 12.0. The molecule has 3 aromatic carbocycles. The Balaban J connectivity index is 1.75. The van der Waals surface area contributed by atoms with E-state index in [2.05, 4.69) is 88.8 Å². The van der Waals surface area contributed by atoms with Crippen LogP contribution in [0.5, 0.6) is 0 Å². The van der Waals surface area contributed by atoms with Crippen LogP contribution in [0.4, 0.5) is 0 Å². The predicted molar refractivity (Wildman–Crippen MR) is 93.3 cm³/mol. The van der Waals surface area contributed by atoms with Gasteiger partial charge in [-0.3, -0.25) is 0 Å². The summed E-state index contributed by atoms with van der Waals surface area (Å²) >= 11 is 3.60. The summed E-state index contributed by atoms with van der Waals surface area (Å²) in [6, 6.07) is 23.8. The molecule has 106 valence electrons. The minimum atomic E-state index is 0.321. The molecule has 0 aromatic heterocycles. The van der Waals surface area contributed by atoms with Gasteiger partial charge in [-0.1, -0.05) is 70.5 Å². The Hall–Kier alpha value is -1.64. The van der Waals surface area contributed by atoms with E-state index < -0.39 is 0 Å². The van der Waals surface area contributed by atoms with Gasteiger partial charge in [0.25, 0.3) is 0 Å². The van der Waals surface area contributed by atoms with Crippen LogP contribution < -0.4 is 5.32 Å². The normalized spacial score (nSPS) is 12.5. The minimum absolute atomic E-state index is 0.321. The molecule has 2 heteroatoms. The smallest absolute Gasteiger partial charge is 0.0295 e. The average Bonchev–Trinajstić information content (AvgIpc) is 2.53. The SMILES string of the molecule is CC(NCc1ccccc1Br)c1ccc2ccccc2c1. The molecule has 0 spiro atoms. The third-order valence-corrected chi connectivity index (χ3v) is 4.60. The molecule has 1 nitrogen and oxygen atoms in total. The van der Waals surface area contributed by atoms with E-state index in [9.17, 15) is 0 Å². The second-order valence-electron chi connectivity index (χ2n) is 5.30. The second kappa shape index (κ2) is 6.42. The highest BCUT2D eigenvalue weighted by Crippen LogP contribution is 2.21. The van der Waals surface area contributed by atoms with Crippen molar-refractivity contribution < 1.29 is 0 Å². The lowest BCUT2D eigenvalue weighted by Gasteiger charge is -2.15. The third kappa shape index (κ3) is 3.34. The first kappa shape index (κ1) is 14.3. The molecular formula is C19H18BrN. The van der Waals surface area contributed by atoms with Crippen LogP contribution in [0.15, 0.2) is 71.2 Å². The van der Waals surface area contributed by atoms with Gasteiger partial charge in [0.2, 0.25) is 0 Å². The maximum absolute atomic E-state index is 3.60. The lowest BCUT2D eigenvalue weighted by Crippen LogP contribution is -2.18. The molecule has 1 atom stereocenters. The summed E-state index contributed by atoms with van der Waals surface area (Å²) in [5, 5.41) is 6.18. The number of hydrogen-bond donors (Lipinski definition) is 1. The number of fused-ring (bicyclic) bond motifs is 1. The van der Waals surface area contributed by atoms with Gasteiger partial charge in [0, 0.05) is 17.1 Å². The molecule has 0 bridgehead atoms. The van der Waals surface area contributed by atoms with E-state index >= 15 is 0 Å². The van der Waals surface area contributed by atoms with Crippen molar-refractivity contribution in [3.05, 3.63) is 82.3 Å². The summed E-state index contributed by atoms with van der Waals surface area (Å²) in [5.74, 6) is 0. The number of halogens is 1. The number of nitrogens with one attached hydrogen (secondary N) is 1. The fourth-order valence-electron chi connectivity index (χ4n) is 2.50. The minimum Gasteiger partial charge on any atom is -0.306 e. The molecule has 0 aliphatic rings. The van der Waals surface area contributed by atoms with Crippen LogP contribution in [0, 0.1) is 0 Å². The topological polar surface area (TPSA) is 12.0 Å². The number of benzene rings is 3. The summed E-state index contributed by atoms with van der Waals surface area (Å²) in [6.45, 7) is 3.07. The summed E-state index contributed by atoms with van der Waals surface area (Å²) in [6.07, 6.45) is 0. The lowest BCUT2D eigenvalue weighted by atomic mass is 10.0. The molecule has 0 fully saturated rings. The van der Waals surface area contributed by atoms with Crippen LogP contribution in [0.2, 0.25) is 0 Å². The summed E-state index contributed by atoms with van der Waals surface area (Å²) in [7, 11) is 0. The standard InChI is InChI=1S/C19H18BrN/c1-14(21-13-18-8-4-5-9-19(18)20)16-11-10-15-6-2-3-7-17(15)12-16/h2-12,14,21H,13H2,1H3. The van der Waals surface area contributed by atoms with Crippen LogP contribution >= 0.6 is 15.9 Å². The van der Waals surface area contributed by atoms with Crippen molar-refractivity contribution in [3.8, 4) is 0 Å². The Morgan fingerprint density at radius 1 is 0.905 bits per heavy atom. The number of rotatable bonds is 4. The first-order valence-corrected chi connectivity index (χ1v) is 7.99. The molecule has 21 heavy (non-hydrogen) atoms. The molecule has 3 rings (SSSR count). The second-order valence-corrected chi connectivity index (χ2v) is 6.15. The molecule has 0 heterocycles. The molecule has 0 saturated carbocycles. The van der Waals surface area contributed by atoms with E-state index in [1.807, 2.05) is 6.07 Å². The summed E-state index contributed by atoms with van der Waals surface area (Å²) in [4.78, 5) is 0. The van der Waals surface area contributed by atoms with Gasteiger partial charge in [0.1, 0.15) is 0 Å². The Morgan fingerprint density at radius 2 is 1.62 bits per heavy atom. The van der Waals surface area contributed by atoms with Crippen molar-refractivity contribution in [1.29, 1.82) is 0 Å². The van der Waals surface area contributed by atoms with Crippen LogP contribution in [0.25, 0.3) is 10.8 Å². The maximum Gasteiger partial charge on any atom is 0.0295 e. The lowest BCUT2D eigenvalue weighted by molar-refractivity contribution is 0.574. The Morgan fingerprint density at radius 3 is 2.43 bits per heavy atom. The van der Waals surface area contributed by atoms with E-state index in [0.717, 1.165) is 11.0 Å². The fraction of sp³-hybridized carbons (Fsp3) is 0.158. The first-order chi connectivity index (χ1) is 10.2. The Bertz CT molecular complexity index is 751. The molecule has 3 aromatic rings. The Kier molecular flexibility index (Phi) is 4.37. The van der Waals surface area contributed by atoms with Gasteiger partial charge in [-0.25, -0.2) is 0 Å². The van der Waals surface area contributed by atoms with Crippen LogP contribution in [-0.2, 0) is 6.54 Å². The maximum atomic E-state index is 3.60. The van der Waals surface area contributed by atoms with Gasteiger partial charge >= 0.3 is 0 Å². The Labute approximate surface area is 134 Å². The van der Waals surface area contributed by atoms with Gasteiger partial charge in [-0.15, -0.1) is 0 Å². The summed E-state index contributed by atoms with van der Waals surface area (Å²) < 4.78 is 1.16. The van der Waals surface area contributed by atoms with E-state index in [1.54, 1.807) is 0 Å². The summed E-state index contributed by atoms with van der Waals surface area (Å²) in [5.41, 5.74) is 2.60. The highest BCUT2D eigenvalue weighted by Gasteiger charge is 2.06. The van der Waals surface area contributed by atoms with E-state index in [-0.39, 0.29) is 0 Å². The molecule has 0 aliphatic carbocycles. The third-order valence-electron chi connectivity index (χ3n) is 3.83. The van der Waals surface area contributed by atoms with Crippen molar-refractivity contribution in [2.45, 2.75) is 19.5 Å². The average molecular weight is 340 g/mol. The van der Waals surface area contributed by atoms with Gasteiger partial charge in [0.15, 0.2) is 0 Å². The van der Waals surface area contributed by atoms with Gasteiger partial charge < -0.3 is 5.32 Å². The first-order valence-electron chi connectivity index (χ1n) is 7.19. The van der Waals surface area contributed by atoms with Gasteiger partial charge in [0.05, 0.1) is 0 Å². The van der Waals surface area contributed by atoms with Gasteiger partial charge in [-0.2, -0.15) is 0 Å².